The van der Waals surface area contributed by atoms with E-state index in [0.717, 1.165) is 25.0 Å². The van der Waals surface area contributed by atoms with E-state index in [9.17, 15) is 17.6 Å². The Bertz CT molecular complexity index is 454. The van der Waals surface area contributed by atoms with Gasteiger partial charge in [-0.25, -0.2) is 4.39 Å². The van der Waals surface area contributed by atoms with Gasteiger partial charge >= 0.3 is 6.18 Å². The fraction of sp³-hybridized carbons (Fsp3) is 0.538. The van der Waals surface area contributed by atoms with Gasteiger partial charge in [0.1, 0.15) is 5.82 Å². The Hall–Kier alpha value is -1.14. The minimum absolute atomic E-state index is 0.122. The van der Waals surface area contributed by atoms with Crippen molar-refractivity contribution in [3.8, 4) is 0 Å². The number of hydrazine groups is 1. The van der Waals surface area contributed by atoms with E-state index in [1.54, 1.807) is 0 Å². The van der Waals surface area contributed by atoms with Gasteiger partial charge < -0.3 is 0 Å². The Labute approximate surface area is 109 Å². The van der Waals surface area contributed by atoms with Gasteiger partial charge in [0.25, 0.3) is 0 Å². The quantitative estimate of drug-likeness (QED) is 0.502. The Morgan fingerprint density at radius 3 is 2.42 bits per heavy atom. The van der Waals surface area contributed by atoms with Gasteiger partial charge in [0.05, 0.1) is 5.56 Å². The number of hydrogen-bond acceptors (Lipinski definition) is 2. The summed E-state index contributed by atoms with van der Waals surface area (Å²) in [6, 6.07) is 2.66. The molecule has 1 aromatic rings. The standard InChI is InChI=1S/C13H16F4N2/c1-7(8-2-3-8)12(19-18)9-4-5-11(14)10(6-9)13(15,16)17/h4-8,12,19H,2-3,18H2,1H3. The fourth-order valence-electron chi connectivity index (χ4n) is 2.40. The van der Waals surface area contributed by atoms with Gasteiger partial charge in [-0.1, -0.05) is 13.0 Å². The van der Waals surface area contributed by atoms with Crippen molar-refractivity contribution in [3.63, 3.8) is 0 Å². The zero-order chi connectivity index (χ0) is 14.2. The van der Waals surface area contributed by atoms with E-state index in [2.05, 4.69) is 5.43 Å². The van der Waals surface area contributed by atoms with Crippen LogP contribution >= 0.6 is 0 Å². The first-order valence-corrected chi connectivity index (χ1v) is 6.17. The molecule has 1 aliphatic carbocycles. The van der Waals surface area contributed by atoms with E-state index in [4.69, 9.17) is 5.84 Å². The van der Waals surface area contributed by atoms with Crippen molar-refractivity contribution in [2.75, 3.05) is 0 Å². The molecule has 0 amide bonds. The highest BCUT2D eigenvalue weighted by atomic mass is 19.4. The summed E-state index contributed by atoms with van der Waals surface area (Å²) in [4.78, 5) is 0. The monoisotopic (exact) mass is 276 g/mol. The molecule has 0 radical (unpaired) electrons. The smallest absolute Gasteiger partial charge is 0.271 e. The van der Waals surface area contributed by atoms with E-state index in [1.165, 1.54) is 6.07 Å². The summed E-state index contributed by atoms with van der Waals surface area (Å²) in [5, 5.41) is 0. The Morgan fingerprint density at radius 1 is 1.32 bits per heavy atom. The van der Waals surface area contributed by atoms with E-state index in [0.29, 0.717) is 11.5 Å². The van der Waals surface area contributed by atoms with Crippen LogP contribution in [0.4, 0.5) is 17.6 Å². The first kappa shape index (κ1) is 14.3. The number of alkyl halides is 3. The molecule has 2 unspecified atom stereocenters. The predicted octanol–water partition coefficient (Wildman–Crippen LogP) is 3.40. The van der Waals surface area contributed by atoms with Gasteiger partial charge in [0.2, 0.25) is 0 Å². The van der Waals surface area contributed by atoms with E-state index >= 15 is 0 Å². The maximum Gasteiger partial charge on any atom is 0.419 e. The second-order valence-electron chi connectivity index (χ2n) is 5.08. The fourth-order valence-corrected chi connectivity index (χ4v) is 2.40. The zero-order valence-electron chi connectivity index (χ0n) is 10.5. The lowest BCUT2D eigenvalue weighted by Crippen LogP contribution is -2.33. The SMILES string of the molecule is CC(C1CC1)C(NN)c1ccc(F)c(C(F)(F)F)c1. The maximum absolute atomic E-state index is 13.2. The molecule has 19 heavy (non-hydrogen) atoms. The van der Waals surface area contributed by atoms with Crippen LogP contribution < -0.4 is 11.3 Å². The van der Waals surface area contributed by atoms with Crippen LogP contribution in [0.2, 0.25) is 0 Å². The van der Waals surface area contributed by atoms with Gasteiger partial charge in [0, 0.05) is 6.04 Å². The molecule has 0 spiro atoms. The summed E-state index contributed by atoms with van der Waals surface area (Å²) in [7, 11) is 0. The molecule has 1 fully saturated rings. The van der Waals surface area contributed by atoms with Crippen LogP contribution in [0.3, 0.4) is 0 Å². The number of nitrogens with one attached hydrogen (secondary N) is 1. The van der Waals surface area contributed by atoms with Crippen LogP contribution in [-0.4, -0.2) is 0 Å². The lowest BCUT2D eigenvalue weighted by atomic mass is 9.90. The van der Waals surface area contributed by atoms with Crippen LogP contribution in [0.5, 0.6) is 0 Å². The van der Waals surface area contributed by atoms with Crippen molar-refractivity contribution in [3.05, 3.63) is 35.1 Å². The second-order valence-corrected chi connectivity index (χ2v) is 5.08. The molecule has 0 aromatic heterocycles. The average Bonchev–Trinajstić information content (AvgIpc) is 3.14. The van der Waals surface area contributed by atoms with E-state index < -0.39 is 23.6 Å². The highest BCUT2D eigenvalue weighted by molar-refractivity contribution is 5.30. The third-order valence-corrected chi connectivity index (χ3v) is 3.73. The van der Waals surface area contributed by atoms with Crippen molar-refractivity contribution < 1.29 is 17.6 Å². The largest absolute Gasteiger partial charge is 0.419 e. The number of rotatable bonds is 4. The molecule has 3 N–H and O–H groups in total. The predicted molar refractivity (Wildman–Crippen MR) is 63.4 cm³/mol. The molecule has 0 saturated heterocycles. The molecule has 2 rings (SSSR count). The molecule has 0 aliphatic heterocycles. The van der Waals surface area contributed by atoms with Gasteiger partial charge in [-0.3, -0.25) is 11.3 Å². The Morgan fingerprint density at radius 2 is 1.95 bits per heavy atom. The number of halogens is 4. The van der Waals surface area contributed by atoms with E-state index in [-0.39, 0.29) is 5.92 Å². The van der Waals surface area contributed by atoms with Gasteiger partial charge in [-0.2, -0.15) is 13.2 Å². The Kier molecular flexibility index (Phi) is 3.82. The lowest BCUT2D eigenvalue weighted by molar-refractivity contribution is -0.140. The molecule has 1 aliphatic rings. The van der Waals surface area contributed by atoms with Crippen molar-refractivity contribution in [1.29, 1.82) is 0 Å². The zero-order valence-corrected chi connectivity index (χ0v) is 10.5. The highest BCUT2D eigenvalue weighted by Crippen LogP contribution is 2.43. The number of nitrogens with two attached hydrogens (primary N) is 1. The number of hydrogen-bond donors (Lipinski definition) is 2. The van der Waals surface area contributed by atoms with E-state index in [1.807, 2.05) is 6.92 Å². The third-order valence-electron chi connectivity index (χ3n) is 3.73. The molecular formula is C13H16F4N2. The minimum Gasteiger partial charge on any atom is -0.271 e. The van der Waals surface area contributed by atoms with Crippen LogP contribution in [0.1, 0.15) is 36.9 Å². The van der Waals surface area contributed by atoms with Gasteiger partial charge in [-0.15, -0.1) is 0 Å². The summed E-state index contributed by atoms with van der Waals surface area (Å²) in [5.41, 5.74) is 1.68. The topological polar surface area (TPSA) is 38.0 Å². The molecular weight excluding hydrogens is 260 g/mol. The van der Waals surface area contributed by atoms with Crippen molar-refractivity contribution in [2.24, 2.45) is 17.7 Å². The summed E-state index contributed by atoms with van der Waals surface area (Å²) >= 11 is 0. The average molecular weight is 276 g/mol. The maximum atomic E-state index is 13.2. The summed E-state index contributed by atoms with van der Waals surface area (Å²) < 4.78 is 51.3. The molecule has 106 valence electrons. The minimum atomic E-state index is -4.69. The molecule has 0 heterocycles. The molecule has 1 saturated carbocycles. The van der Waals surface area contributed by atoms with Crippen LogP contribution in [0, 0.1) is 17.7 Å². The third kappa shape index (κ3) is 3.06. The first-order valence-electron chi connectivity index (χ1n) is 6.17. The highest BCUT2D eigenvalue weighted by Gasteiger charge is 2.37. The summed E-state index contributed by atoms with van der Waals surface area (Å²) in [6.45, 7) is 1.94. The summed E-state index contributed by atoms with van der Waals surface area (Å²) in [6.07, 6.45) is -2.57. The first-order chi connectivity index (χ1) is 8.84. The molecule has 1 aromatic carbocycles. The molecule has 2 atom stereocenters. The van der Waals surface area contributed by atoms with Crippen LogP contribution in [0.15, 0.2) is 18.2 Å². The lowest BCUT2D eigenvalue weighted by Gasteiger charge is -2.24. The van der Waals surface area contributed by atoms with Gasteiger partial charge in [-0.05, 0) is 42.4 Å². The Balaban J connectivity index is 2.33. The van der Waals surface area contributed by atoms with Gasteiger partial charge in [0.15, 0.2) is 0 Å². The van der Waals surface area contributed by atoms with Crippen molar-refractivity contribution in [2.45, 2.75) is 32.0 Å². The molecule has 6 heteroatoms. The molecule has 2 nitrogen and oxygen atoms in total. The van der Waals surface area contributed by atoms with Crippen LogP contribution in [0.25, 0.3) is 0 Å². The number of benzene rings is 1. The van der Waals surface area contributed by atoms with Crippen molar-refractivity contribution >= 4 is 0 Å². The normalized spacial score (nSPS) is 19.3. The molecule has 0 bridgehead atoms. The summed E-state index contributed by atoms with van der Waals surface area (Å²) in [5.74, 6) is 4.78. The van der Waals surface area contributed by atoms with Crippen LogP contribution in [-0.2, 0) is 6.18 Å². The van der Waals surface area contributed by atoms with Crippen molar-refractivity contribution in [1.82, 2.24) is 5.43 Å². The second kappa shape index (κ2) is 5.09.